The maximum atomic E-state index is 12.3. The number of amides is 2. The molecular weight excluding hydrogens is 408 g/mol. The fraction of sp³-hybridized carbons (Fsp3) is 0.429. The molecule has 2 heterocycles. The van der Waals surface area contributed by atoms with Gasteiger partial charge in [0.25, 0.3) is 5.56 Å². The highest BCUT2D eigenvalue weighted by atomic mass is 35.5. The maximum absolute atomic E-state index is 12.3. The number of carbonyl (C=O) groups is 2. The van der Waals surface area contributed by atoms with Crippen molar-refractivity contribution < 1.29 is 14.3 Å². The number of aromatic nitrogens is 2. The van der Waals surface area contributed by atoms with Gasteiger partial charge >= 0.3 is 6.09 Å². The molecule has 1 fully saturated rings. The molecule has 3 rings (SSSR count). The molecule has 1 aromatic carbocycles. The van der Waals surface area contributed by atoms with Gasteiger partial charge in [0.1, 0.15) is 0 Å². The van der Waals surface area contributed by atoms with Gasteiger partial charge in [0, 0.05) is 42.2 Å². The summed E-state index contributed by atoms with van der Waals surface area (Å²) >= 11 is 6.03. The van der Waals surface area contributed by atoms with E-state index in [9.17, 15) is 14.4 Å². The van der Waals surface area contributed by atoms with Crippen molar-refractivity contribution in [1.29, 1.82) is 0 Å². The average Bonchev–Trinajstić information content (AvgIpc) is 2.74. The second kappa shape index (κ2) is 10.2. The summed E-state index contributed by atoms with van der Waals surface area (Å²) in [5.41, 5.74) is 1.15. The third kappa shape index (κ3) is 5.82. The van der Waals surface area contributed by atoms with Crippen LogP contribution >= 0.6 is 11.6 Å². The molecular formula is C21H25ClN4O4. The lowest BCUT2D eigenvalue weighted by atomic mass is 10.1. The SMILES string of the molecule is CCOC(=O)N1CCC(NC(=O)CCn2nc(-c3cccc(Cl)c3)ccc2=O)CC1. The zero-order valence-electron chi connectivity index (χ0n) is 16.8. The van der Waals surface area contributed by atoms with Crippen LogP contribution < -0.4 is 10.9 Å². The molecule has 1 N–H and O–H groups in total. The Kier molecular flexibility index (Phi) is 7.46. The van der Waals surface area contributed by atoms with Crippen LogP contribution in [-0.4, -0.2) is 52.4 Å². The molecule has 0 bridgehead atoms. The van der Waals surface area contributed by atoms with E-state index in [2.05, 4.69) is 10.4 Å². The van der Waals surface area contributed by atoms with Crippen LogP contribution in [0.5, 0.6) is 0 Å². The van der Waals surface area contributed by atoms with Gasteiger partial charge in [0.2, 0.25) is 5.91 Å². The van der Waals surface area contributed by atoms with E-state index in [0.29, 0.717) is 43.3 Å². The van der Waals surface area contributed by atoms with Crippen LogP contribution in [0.1, 0.15) is 26.2 Å². The fourth-order valence-electron chi connectivity index (χ4n) is 3.34. The number of carbonyl (C=O) groups excluding carboxylic acids is 2. The minimum absolute atomic E-state index is 0.00523. The predicted octanol–water partition coefficient (Wildman–Crippen LogP) is 2.69. The first-order valence-electron chi connectivity index (χ1n) is 10.0. The van der Waals surface area contributed by atoms with Crippen LogP contribution in [0.4, 0.5) is 4.79 Å². The zero-order valence-corrected chi connectivity index (χ0v) is 17.6. The number of hydrogen-bond acceptors (Lipinski definition) is 5. The molecule has 2 amide bonds. The summed E-state index contributed by atoms with van der Waals surface area (Å²) < 4.78 is 6.29. The van der Waals surface area contributed by atoms with Gasteiger partial charge in [-0.05, 0) is 38.0 Å². The van der Waals surface area contributed by atoms with Crippen molar-refractivity contribution >= 4 is 23.6 Å². The minimum atomic E-state index is -0.313. The van der Waals surface area contributed by atoms with E-state index in [0.717, 1.165) is 5.56 Å². The van der Waals surface area contributed by atoms with E-state index < -0.39 is 0 Å². The molecule has 1 aliphatic rings. The molecule has 2 aromatic rings. The normalized spacial score (nSPS) is 14.4. The molecule has 160 valence electrons. The number of nitrogens with zero attached hydrogens (tertiary/aromatic N) is 3. The standard InChI is InChI=1S/C21H25ClN4O4/c1-2-30-21(29)25-11-8-17(9-12-25)23-19(27)10-13-26-20(28)7-6-18(24-26)15-4-3-5-16(22)14-15/h3-7,14,17H,2,8-13H2,1H3,(H,23,27). The largest absolute Gasteiger partial charge is 0.450 e. The number of rotatable bonds is 6. The minimum Gasteiger partial charge on any atom is -0.450 e. The lowest BCUT2D eigenvalue weighted by Crippen LogP contribution is -2.46. The highest BCUT2D eigenvalue weighted by molar-refractivity contribution is 6.30. The lowest BCUT2D eigenvalue weighted by Gasteiger charge is -2.31. The third-order valence-electron chi connectivity index (χ3n) is 4.92. The molecule has 0 saturated carbocycles. The summed E-state index contributed by atoms with van der Waals surface area (Å²) in [4.78, 5) is 37.8. The van der Waals surface area contributed by atoms with Crippen LogP contribution in [0.15, 0.2) is 41.2 Å². The monoisotopic (exact) mass is 432 g/mol. The summed E-state index contributed by atoms with van der Waals surface area (Å²) in [7, 11) is 0. The number of benzene rings is 1. The Hall–Kier alpha value is -2.87. The van der Waals surface area contributed by atoms with E-state index in [1.54, 1.807) is 30.0 Å². The van der Waals surface area contributed by atoms with Crippen molar-refractivity contribution in [3.8, 4) is 11.3 Å². The number of likely N-dealkylation sites (tertiary alicyclic amines) is 1. The van der Waals surface area contributed by atoms with Crippen molar-refractivity contribution in [3.63, 3.8) is 0 Å². The molecule has 0 spiro atoms. The topological polar surface area (TPSA) is 93.5 Å². The van der Waals surface area contributed by atoms with E-state index in [-0.39, 0.29) is 36.6 Å². The summed E-state index contributed by atoms with van der Waals surface area (Å²) in [6, 6.07) is 10.3. The third-order valence-corrected chi connectivity index (χ3v) is 5.16. The van der Waals surface area contributed by atoms with Crippen molar-refractivity contribution in [2.75, 3.05) is 19.7 Å². The summed E-state index contributed by atoms with van der Waals surface area (Å²) in [5.74, 6) is -0.147. The molecule has 0 aliphatic carbocycles. The fourth-order valence-corrected chi connectivity index (χ4v) is 3.53. The van der Waals surface area contributed by atoms with E-state index in [1.165, 1.54) is 10.7 Å². The second-order valence-corrected chi connectivity index (χ2v) is 7.50. The van der Waals surface area contributed by atoms with E-state index >= 15 is 0 Å². The maximum Gasteiger partial charge on any atom is 0.409 e. The number of piperidine rings is 1. The van der Waals surface area contributed by atoms with E-state index in [1.807, 2.05) is 12.1 Å². The quantitative estimate of drug-likeness (QED) is 0.757. The van der Waals surface area contributed by atoms with Crippen LogP contribution in [0.25, 0.3) is 11.3 Å². The van der Waals surface area contributed by atoms with Crippen molar-refractivity contribution in [1.82, 2.24) is 20.0 Å². The zero-order chi connectivity index (χ0) is 21.5. The number of aryl methyl sites for hydroxylation is 1. The molecule has 1 aliphatic heterocycles. The van der Waals surface area contributed by atoms with Gasteiger partial charge in [0.15, 0.2) is 0 Å². The van der Waals surface area contributed by atoms with Crippen LogP contribution in [-0.2, 0) is 16.1 Å². The van der Waals surface area contributed by atoms with Crippen LogP contribution in [0.2, 0.25) is 5.02 Å². The molecule has 0 unspecified atom stereocenters. The molecule has 9 heteroatoms. The second-order valence-electron chi connectivity index (χ2n) is 7.07. The van der Waals surface area contributed by atoms with Crippen molar-refractivity contribution in [3.05, 3.63) is 51.8 Å². The lowest BCUT2D eigenvalue weighted by molar-refractivity contribution is -0.122. The number of ether oxygens (including phenoxy) is 1. The Morgan fingerprint density at radius 2 is 2.00 bits per heavy atom. The average molecular weight is 433 g/mol. The van der Waals surface area contributed by atoms with Gasteiger partial charge in [-0.2, -0.15) is 5.10 Å². The van der Waals surface area contributed by atoms with Gasteiger partial charge in [-0.15, -0.1) is 0 Å². The summed E-state index contributed by atoms with van der Waals surface area (Å²) in [6.45, 7) is 3.40. The molecule has 0 radical (unpaired) electrons. The number of nitrogens with one attached hydrogen (secondary N) is 1. The van der Waals surface area contributed by atoms with Gasteiger partial charge in [-0.3, -0.25) is 9.59 Å². The summed E-state index contributed by atoms with van der Waals surface area (Å²) in [6.07, 6.45) is 1.18. The van der Waals surface area contributed by atoms with Crippen LogP contribution in [0.3, 0.4) is 0 Å². The Labute approximate surface area is 179 Å². The molecule has 30 heavy (non-hydrogen) atoms. The van der Waals surface area contributed by atoms with E-state index in [4.69, 9.17) is 16.3 Å². The van der Waals surface area contributed by atoms with Crippen LogP contribution in [0, 0.1) is 0 Å². The molecule has 0 atom stereocenters. The van der Waals surface area contributed by atoms with Crippen molar-refractivity contribution in [2.24, 2.45) is 0 Å². The molecule has 1 saturated heterocycles. The first kappa shape index (κ1) is 21.8. The number of halogens is 1. The van der Waals surface area contributed by atoms with Gasteiger partial charge in [-0.1, -0.05) is 23.7 Å². The first-order valence-corrected chi connectivity index (χ1v) is 10.4. The summed E-state index contributed by atoms with van der Waals surface area (Å²) in [5, 5.41) is 7.92. The van der Waals surface area contributed by atoms with Gasteiger partial charge < -0.3 is 15.0 Å². The molecule has 1 aromatic heterocycles. The number of hydrogen-bond donors (Lipinski definition) is 1. The predicted molar refractivity (Wildman–Crippen MR) is 113 cm³/mol. The highest BCUT2D eigenvalue weighted by Gasteiger charge is 2.24. The Morgan fingerprint density at radius 1 is 1.23 bits per heavy atom. The van der Waals surface area contributed by atoms with Gasteiger partial charge in [-0.25, -0.2) is 9.48 Å². The Morgan fingerprint density at radius 3 is 2.70 bits per heavy atom. The first-order chi connectivity index (χ1) is 14.5. The smallest absolute Gasteiger partial charge is 0.409 e. The van der Waals surface area contributed by atoms with Crippen molar-refractivity contribution in [2.45, 2.75) is 38.8 Å². The Balaban J connectivity index is 1.52. The van der Waals surface area contributed by atoms with Gasteiger partial charge in [0.05, 0.1) is 18.8 Å². The Bertz CT molecular complexity index is 954. The molecule has 8 nitrogen and oxygen atoms in total. The highest BCUT2D eigenvalue weighted by Crippen LogP contribution is 2.19.